The van der Waals surface area contributed by atoms with Crippen LogP contribution in [0.4, 0.5) is 11.4 Å². The molecule has 31 heavy (non-hydrogen) atoms. The van der Waals surface area contributed by atoms with Gasteiger partial charge >= 0.3 is 12.8 Å². The van der Waals surface area contributed by atoms with Gasteiger partial charge in [-0.2, -0.15) is 0 Å². The van der Waals surface area contributed by atoms with Crippen molar-refractivity contribution in [1.82, 2.24) is 0 Å². The lowest BCUT2D eigenvalue weighted by molar-refractivity contribution is 0.560. The van der Waals surface area contributed by atoms with E-state index in [-0.39, 0.29) is 0 Å². The molecule has 150 valence electrons. The summed E-state index contributed by atoms with van der Waals surface area (Å²) in [7, 11) is 0. The zero-order valence-corrected chi connectivity index (χ0v) is 16.8. The van der Waals surface area contributed by atoms with Gasteiger partial charge < -0.3 is 10.6 Å². The van der Waals surface area contributed by atoms with E-state index in [0.717, 1.165) is 33.4 Å². The monoisotopic (exact) mass is 404 g/mol. The van der Waals surface area contributed by atoms with Crippen LogP contribution >= 0.6 is 0 Å². The lowest BCUT2D eigenvalue weighted by atomic mass is 9.90. The van der Waals surface area contributed by atoms with Crippen LogP contribution in [0.15, 0.2) is 97.1 Å². The second-order valence-corrected chi connectivity index (χ2v) is 7.04. The summed E-state index contributed by atoms with van der Waals surface area (Å²) in [5, 5.41) is 5.35. The zero-order chi connectivity index (χ0) is 21.5. The Labute approximate surface area is 181 Å². The van der Waals surface area contributed by atoms with Gasteiger partial charge in [-0.05, 0) is 40.8 Å². The van der Waals surface area contributed by atoms with Crippen molar-refractivity contribution in [1.29, 1.82) is 0 Å². The molecule has 4 nitrogen and oxygen atoms in total. The summed E-state index contributed by atoms with van der Waals surface area (Å²) >= 11 is 0. The Morgan fingerprint density at radius 3 is 1.26 bits per heavy atom. The number of carbonyl (C=O) groups excluding carboxylic acids is 2. The van der Waals surface area contributed by atoms with Gasteiger partial charge in [-0.3, -0.25) is 9.59 Å². The summed E-state index contributed by atoms with van der Waals surface area (Å²) in [5.41, 5.74) is 7.66. The topological polar surface area (TPSA) is 58.2 Å². The molecule has 0 saturated heterocycles. The largest absolute Gasteiger partial charge is 0.317 e. The SMILES string of the molecule is O=[C]Nc1ccccc1-c1ccccc1Cc1ccccc1-c1ccccc1N[C]=O. The van der Waals surface area contributed by atoms with E-state index >= 15 is 0 Å². The van der Waals surface area contributed by atoms with E-state index in [0.29, 0.717) is 17.8 Å². The van der Waals surface area contributed by atoms with Crippen molar-refractivity contribution in [2.45, 2.75) is 6.42 Å². The van der Waals surface area contributed by atoms with Crippen LogP contribution in [-0.4, -0.2) is 12.8 Å². The van der Waals surface area contributed by atoms with Crippen LogP contribution in [0.3, 0.4) is 0 Å². The second-order valence-electron chi connectivity index (χ2n) is 7.04. The van der Waals surface area contributed by atoms with E-state index in [4.69, 9.17) is 0 Å². The van der Waals surface area contributed by atoms with Gasteiger partial charge in [0.2, 0.25) is 0 Å². The summed E-state index contributed by atoms with van der Waals surface area (Å²) in [5.74, 6) is 0. The minimum absolute atomic E-state index is 0.685. The smallest absolute Gasteiger partial charge is 0.314 e. The predicted molar refractivity (Wildman–Crippen MR) is 125 cm³/mol. The summed E-state index contributed by atoms with van der Waals surface area (Å²) in [6.07, 6.45) is 4.23. The van der Waals surface area contributed by atoms with Crippen molar-refractivity contribution >= 4 is 24.2 Å². The van der Waals surface area contributed by atoms with E-state index in [1.807, 2.05) is 72.8 Å². The third kappa shape index (κ3) is 4.38. The molecular formula is C27H20N2O2. The highest BCUT2D eigenvalue weighted by Gasteiger charge is 2.13. The number of anilines is 2. The van der Waals surface area contributed by atoms with Crippen molar-refractivity contribution in [2.75, 3.05) is 10.6 Å². The summed E-state index contributed by atoms with van der Waals surface area (Å²) in [6, 6.07) is 31.7. The maximum Gasteiger partial charge on any atom is 0.314 e. The Kier molecular flexibility index (Phi) is 6.19. The quantitative estimate of drug-likeness (QED) is 0.377. The minimum Gasteiger partial charge on any atom is -0.317 e. The molecule has 4 rings (SSSR count). The minimum atomic E-state index is 0.685. The van der Waals surface area contributed by atoms with E-state index in [1.165, 1.54) is 0 Å². The average molecular weight is 404 g/mol. The van der Waals surface area contributed by atoms with Crippen molar-refractivity contribution in [3.63, 3.8) is 0 Å². The molecule has 0 spiro atoms. The molecule has 0 heterocycles. The number of nitrogens with one attached hydrogen (secondary N) is 2. The van der Waals surface area contributed by atoms with Crippen molar-refractivity contribution < 1.29 is 9.59 Å². The number of para-hydroxylation sites is 2. The molecule has 0 aliphatic heterocycles. The van der Waals surface area contributed by atoms with Gasteiger partial charge in [-0.15, -0.1) is 0 Å². The number of hydrogen-bond donors (Lipinski definition) is 2. The molecule has 0 aliphatic carbocycles. The molecule has 0 aromatic heterocycles. The van der Waals surface area contributed by atoms with Gasteiger partial charge in [0.1, 0.15) is 0 Å². The van der Waals surface area contributed by atoms with Crippen molar-refractivity contribution in [3.8, 4) is 22.3 Å². The molecule has 4 heteroatoms. The van der Waals surface area contributed by atoms with Crippen LogP contribution in [0.1, 0.15) is 11.1 Å². The molecule has 0 fully saturated rings. The van der Waals surface area contributed by atoms with Gasteiger partial charge in [0, 0.05) is 22.5 Å². The number of hydrogen-bond acceptors (Lipinski definition) is 2. The molecule has 4 aromatic rings. The molecule has 0 unspecified atom stereocenters. The molecule has 2 N–H and O–H groups in total. The maximum absolute atomic E-state index is 11.0. The van der Waals surface area contributed by atoms with Crippen LogP contribution < -0.4 is 10.6 Å². The third-order valence-corrected chi connectivity index (χ3v) is 5.22. The van der Waals surface area contributed by atoms with Crippen LogP contribution in [0, 0.1) is 0 Å². The van der Waals surface area contributed by atoms with E-state index in [9.17, 15) is 9.59 Å². The Balaban J connectivity index is 1.79. The summed E-state index contributed by atoms with van der Waals surface area (Å²) in [4.78, 5) is 21.9. The molecule has 0 saturated carbocycles. The number of benzene rings is 4. The third-order valence-electron chi connectivity index (χ3n) is 5.22. The summed E-state index contributed by atoms with van der Waals surface area (Å²) < 4.78 is 0. The van der Waals surface area contributed by atoms with E-state index in [2.05, 4.69) is 34.9 Å². The highest BCUT2D eigenvalue weighted by atomic mass is 16.1. The average Bonchev–Trinajstić information content (AvgIpc) is 2.81. The molecule has 2 amide bonds. The second kappa shape index (κ2) is 9.55. The molecule has 0 atom stereocenters. The van der Waals surface area contributed by atoms with Gasteiger partial charge in [0.05, 0.1) is 0 Å². The van der Waals surface area contributed by atoms with Crippen LogP contribution in [-0.2, 0) is 16.0 Å². The molecule has 0 bridgehead atoms. The fourth-order valence-electron chi connectivity index (χ4n) is 3.84. The van der Waals surface area contributed by atoms with E-state index in [1.54, 1.807) is 12.8 Å². The standard InChI is InChI=1S/C27H20N2O2/c30-18-28-26-15-7-5-13-24(26)22-11-3-1-9-20(22)17-21-10-2-4-12-23(21)25-14-6-8-16-27(25)29-19-31/h1-16H,17H2,(H,28,30)(H,29,31). The van der Waals surface area contributed by atoms with Gasteiger partial charge in [-0.1, -0.05) is 84.9 Å². The summed E-state index contributed by atoms with van der Waals surface area (Å²) in [6.45, 7) is 0. The Hall–Kier alpha value is -4.18. The van der Waals surface area contributed by atoms with Gasteiger partial charge in [0.25, 0.3) is 0 Å². The maximum atomic E-state index is 11.0. The fourth-order valence-corrected chi connectivity index (χ4v) is 3.84. The molecule has 4 aromatic carbocycles. The Bertz CT molecular complexity index is 1120. The number of amides is 2. The first kappa shape index (κ1) is 20.1. The van der Waals surface area contributed by atoms with Crippen LogP contribution in [0.25, 0.3) is 22.3 Å². The van der Waals surface area contributed by atoms with Crippen molar-refractivity contribution in [3.05, 3.63) is 108 Å². The first-order chi connectivity index (χ1) is 15.3. The molecule has 2 radical (unpaired) electrons. The molecular weight excluding hydrogens is 384 g/mol. The van der Waals surface area contributed by atoms with Crippen molar-refractivity contribution in [2.24, 2.45) is 0 Å². The highest BCUT2D eigenvalue weighted by Crippen LogP contribution is 2.35. The number of rotatable bonds is 8. The van der Waals surface area contributed by atoms with Crippen LogP contribution in [0.5, 0.6) is 0 Å². The Morgan fingerprint density at radius 2 is 0.839 bits per heavy atom. The normalized spacial score (nSPS) is 10.3. The highest BCUT2D eigenvalue weighted by molar-refractivity contribution is 5.88. The van der Waals surface area contributed by atoms with Gasteiger partial charge in [-0.25, -0.2) is 0 Å². The van der Waals surface area contributed by atoms with Crippen LogP contribution in [0.2, 0.25) is 0 Å². The zero-order valence-electron chi connectivity index (χ0n) is 16.8. The van der Waals surface area contributed by atoms with Gasteiger partial charge in [0.15, 0.2) is 0 Å². The fraction of sp³-hybridized carbons (Fsp3) is 0.0370. The first-order valence-corrected chi connectivity index (χ1v) is 9.92. The lowest BCUT2D eigenvalue weighted by Gasteiger charge is -2.16. The molecule has 0 aliphatic rings. The van der Waals surface area contributed by atoms with E-state index < -0.39 is 0 Å². The predicted octanol–water partition coefficient (Wildman–Crippen LogP) is 5.57. The lowest BCUT2D eigenvalue weighted by Crippen LogP contribution is -2.00. The first-order valence-electron chi connectivity index (χ1n) is 9.92. The Morgan fingerprint density at radius 1 is 0.484 bits per heavy atom.